The fourth-order valence-electron chi connectivity index (χ4n) is 0. The van der Waals surface area contributed by atoms with Crippen molar-refractivity contribution in [2.75, 3.05) is 21.2 Å². The first-order valence-electron chi connectivity index (χ1n) is 2.27. The predicted molar refractivity (Wildman–Crippen MR) is 32.5 cm³/mol. The molecule has 0 unspecified atom stereocenters. The minimum atomic E-state index is 0.0926. The van der Waals surface area contributed by atoms with Crippen LogP contribution >= 0.6 is 0 Å². The Hall–Kier alpha value is -0.570. The number of aliphatic hydroxyl groups excluding tert-OH is 1. The largest absolute Gasteiger partial charge is 0.400 e. The van der Waals surface area contributed by atoms with Crippen LogP contribution in [0.3, 0.4) is 0 Å². The van der Waals surface area contributed by atoms with Gasteiger partial charge in [-0.05, 0) is 0 Å². The van der Waals surface area contributed by atoms with Gasteiger partial charge in [-0.1, -0.05) is 0 Å². The maximum absolute atomic E-state index is 10.1. The maximum atomic E-state index is 10.1. The zero-order valence-corrected chi connectivity index (χ0v) is 5.80. The summed E-state index contributed by atoms with van der Waals surface area (Å²) in [5, 5.41) is 7.00. The van der Waals surface area contributed by atoms with Crippen molar-refractivity contribution in [3.63, 3.8) is 0 Å². The lowest BCUT2D eigenvalue weighted by molar-refractivity contribution is -0.126. The van der Waals surface area contributed by atoms with Crippen molar-refractivity contribution in [3.05, 3.63) is 0 Å². The molecule has 0 spiro atoms. The Morgan fingerprint density at radius 1 is 1.38 bits per heavy atom. The van der Waals surface area contributed by atoms with Crippen LogP contribution in [0.2, 0.25) is 0 Å². The van der Waals surface area contributed by atoms with Gasteiger partial charge in [-0.2, -0.15) is 0 Å². The Morgan fingerprint density at radius 2 is 1.50 bits per heavy atom. The van der Waals surface area contributed by atoms with Crippen molar-refractivity contribution in [1.82, 2.24) is 4.90 Å². The molecule has 3 heteroatoms. The Kier molecular flexibility index (Phi) is 8.37. The zero-order chi connectivity index (χ0) is 7.15. The first kappa shape index (κ1) is 10.4. The van der Waals surface area contributed by atoms with E-state index in [-0.39, 0.29) is 5.91 Å². The summed E-state index contributed by atoms with van der Waals surface area (Å²) in [6.45, 7) is 1.53. The third kappa shape index (κ3) is 9.06. The molecule has 0 aliphatic rings. The maximum Gasteiger partial charge on any atom is 0.218 e. The smallest absolute Gasteiger partial charge is 0.218 e. The minimum absolute atomic E-state index is 0.0926. The summed E-state index contributed by atoms with van der Waals surface area (Å²) in [5.74, 6) is 0.0926. The zero-order valence-electron chi connectivity index (χ0n) is 5.80. The van der Waals surface area contributed by atoms with Crippen molar-refractivity contribution < 1.29 is 9.90 Å². The highest BCUT2D eigenvalue weighted by molar-refractivity contribution is 5.72. The van der Waals surface area contributed by atoms with Crippen LogP contribution in [0.4, 0.5) is 0 Å². The highest BCUT2D eigenvalue weighted by atomic mass is 16.2. The summed E-state index contributed by atoms with van der Waals surface area (Å²) in [6, 6.07) is 0. The standard InChI is InChI=1S/C4H9NO.CH4O/c1-4(6)5(2)3;1-2/h1-3H3;2H,1H3. The lowest BCUT2D eigenvalue weighted by atomic mass is 10.7. The van der Waals surface area contributed by atoms with E-state index >= 15 is 0 Å². The van der Waals surface area contributed by atoms with Crippen LogP contribution in [-0.4, -0.2) is 37.1 Å². The van der Waals surface area contributed by atoms with E-state index in [1.807, 2.05) is 0 Å². The second-order valence-electron chi connectivity index (χ2n) is 1.41. The summed E-state index contributed by atoms with van der Waals surface area (Å²) in [4.78, 5) is 11.6. The quantitative estimate of drug-likeness (QED) is 0.475. The Morgan fingerprint density at radius 3 is 1.50 bits per heavy atom. The van der Waals surface area contributed by atoms with Crippen molar-refractivity contribution in [1.29, 1.82) is 0 Å². The van der Waals surface area contributed by atoms with Crippen molar-refractivity contribution in [2.45, 2.75) is 6.92 Å². The molecule has 0 atom stereocenters. The van der Waals surface area contributed by atoms with E-state index in [4.69, 9.17) is 5.11 Å². The summed E-state index contributed by atoms with van der Waals surface area (Å²) in [5.41, 5.74) is 0. The summed E-state index contributed by atoms with van der Waals surface area (Å²) < 4.78 is 0. The van der Waals surface area contributed by atoms with E-state index < -0.39 is 0 Å². The second-order valence-corrected chi connectivity index (χ2v) is 1.41. The van der Waals surface area contributed by atoms with E-state index in [0.29, 0.717) is 0 Å². The van der Waals surface area contributed by atoms with Crippen molar-refractivity contribution in [2.24, 2.45) is 0 Å². The average molecular weight is 119 g/mol. The highest BCUT2D eigenvalue weighted by Crippen LogP contribution is 1.69. The van der Waals surface area contributed by atoms with Gasteiger partial charge in [-0.3, -0.25) is 4.79 Å². The van der Waals surface area contributed by atoms with Gasteiger partial charge in [-0.15, -0.1) is 0 Å². The molecular formula is C5H13NO2. The number of hydrogen-bond acceptors (Lipinski definition) is 2. The molecule has 0 saturated heterocycles. The Balaban J connectivity index is 0. The van der Waals surface area contributed by atoms with Gasteiger partial charge in [0.05, 0.1) is 0 Å². The van der Waals surface area contributed by atoms with Crippen LogP contribution < -0.4 is 0 Å². The van der Waals surface area contributed by atoms with E-state index in [2.05, 4.69) is 0 Å². The molecule has 1 N–H and O–H groups in total. The molecule has 3 nitrogen and oxygen atoms in total. The van der Waals surface area contributed by atoms with Crippen LogP contribution in [0.15, 0.2) is 0 Å². The second kappa shape index (κ2) is 6.43. The topological polar surface area (TPSA) is 40.5 Å². The number of carbonyl (C=O) groups excluding carboxylic acids is 1. The molecule has 0 aromatic carbocycles. The lowest BCUT2D eigenvalue weighted by Gasteiger charge is -2.02. The summed E-state index contributed by atoms with van der Waals surface area (Å²) in [7, 11) is 4.45. The number of hydrogen-bond donors (Lipinski definition) is 1. The van der Waals surface area contributed by atoms with Gasteiger partial charge in [0.25, 0.3) is 0 Å². The predicted octanol–water partition coefficient (Wildman–Crippen LogP) is -0.297. The van der Waals surface area contributed by atoms with Gasteiger partial charge in [0.2, 0.25) is 5.91 Å². The van der Waals surface area contributed by atoms with Gasteiger partial charge in [0.1, 0.15) is 0 Å². The van der Waals surface area contributed by atoms with Crippen LogP contribution in [0, 0.1) is 0 Å². The molecule has 0 heterocycles. The third-order valence-corrected chi connectivity index (χ3v) is 0.630. The molecule has 0 aliphatic heterocycles. The van der Waals surface area contributed by atoms with E-state index in [1.165, 1.54) is 11.8 Å². The normalized spacial score (nSPS) is 6.62. The lowest BCUT2D eigenvalue weighted by Crippen LogP contribution is -2.17. The minimum Gasteiger partial charge on any atom is -0.400 e. The molecule has 0 aliphatic carbocycles. The van der Waals surface area contributed by atoms with Gasteiger partial charge in [0, 0.05) is 28.1 Å². The van der Waals surface area contributed by atoms with Crippen LogP contribution in [-0.2, 0) is 4.79 Å². The molecule has 0 aromatic heterocycles. The van der Waals surface area contributed by atoms with E-state index in [1.54, 1.807) is 14.1 Å². The number of carbonyl (C=O) groups is 1. The fraction of sp³-hybridized carbons (Fsp3) is 0.800. The molecule has 0 fully saturated rings. The van der Waals surface area contributed by atoms with Crippen molar-refractivity contribution >= 4 is 5.91 Å². The van der Waals surface area contributed by atoms with Crippen molar-refractivity contribution in [3.8, 4) is 0 Å². The van der Waals surface area contributed by atoms with Crippen LogP contribution in [0.25, 0.3) is 0 Å². The Bertz CT molecular complexity index is 61.4. The first-order chi connectivity index (χ1) is 3.64. The molecule has 0 saturated carbocycles. The molecule has 0 radical (unpaired) electrons. The van der Waals surface area contributed by atoms with Gasteiger partial charge in [0.15, 0.2) is 0 Å². The number of aliphatic hydroxyl groups is 1. The van der Waals surface area contributed by atoms with Gasteiger partial charge < -0.3 is 10.0 Å². The molecule has 0 rings (SSSR count). The van der Waals surface area contributed by atoms with Gasteiger partial charge in [-0.25, -0.2) is 0 Å². The summed E-state index contributed by atoms with van der Waals surface area (Å²) >= 11 is 0. The average Bonchev–Trinajstić information content (AvgIpc) is 1.72. The number of amides is 1. The molecule has 0 aromatic rings. The molecule has 0 bridgehead atoms. The Labute approximate surface area is 49.9 Å². The number of nitrogens with zero attached hydrogens (tertiary/aromatic N) is 1. The van der Waals surface area contributed by atoms with Gasteiger partial charge >= 0.3 is 0 Å². The monoisotopic (exact) mass is 119 g/mol. The third-order valence-electron chi connectivity index (χ3n) is 0.630. The van der Waals surface area contributed by atoms with E-state index in [9.17, 15) is 4.79 Å². The number of rotatable bonds is 0. The van der Waals surface area contributed by atoms with Crippen LogP contribution in [0.1, 0.15) is 6.92 Å². The SMILES string of the molecule is CC(=O)N(C)C.CO. The first-order valence-corrected chi connectivity index (χ1v) is 2.27. The molecule has 1 amide bonds. The highest BCUT2D eigenvalue weighted by Gasteiger charge is 1.87. The van der Waals surface area contributed by atoms with E-state index in [0.717, 1.165) is 7.11 Å². The molecule has 50 valence electrons. The molecular weight excluding hydrogens is 106 g/mol. The fourth-order valence-corrected chi connectivity index (χ4v) is 0. The molecule has 8 heavy (non-hydrogen) atoms. The summed E-state index contributed by atoms with van der Waals surface area (Å²) in [6.07, 6.45) is 0. The van der Waals surface area contributed by atoms with Crippen LogP contribution in [0.5, 0.6) is 0 Å².